The maximum absolute atomic E-state index is 13.1. The summed E-state index contributed by atoms with van der Waals surface area (Å²) in [6.07, 6.45) is 3.07. The van der Waals surface area contributed by atoms with E-state index in [9.17, 15) is 4.79 Å². The monoisotopic (exact) mass is 361 g/mol. The predicted molar refractivity (Wildman–Crippen MR) is 97.7 cm³/mol. The Morgan fingerprint density at radius 2 is 2.00 bits per heavy atom. The van der Waals surface area contributed by atoms with Crippen LogP contribution in [0.25, 0.3) is 10.2 Å². The average Bonchev–Trinajstić information content (AvgIpc) is 3.17. The zero-order chi connectivity index (χ0) is 17.3. The van der Waals surface area contributed by atoms with Crippen LogP contribution < -0.4 is 10.6 Å². The van der Waals surface area contributed by atoms with E-state index < -0.39 is 5.41 Å². The van der Waals surface area contributed by atoms with Crippen LogP contribution in [0.2, 0.25) is 0 Å². The van der Waals surface area contributed by atoms with Crippen molar-refractivity contribution in [2.75, 3.05) is 50.8 Å². The average molecular weight is 361 g/mol. The number of hydrogen-bond acceptors (Lipinski definition) is 7. The molecular formula is C17H23N5O2S. The van der Waals surface area contributed by atoms with Crippen LogP contribution in [0.4, 0.5) is 5.82 Å². The first-order chi connectivity index (χ1) is 12.2. The first-order valence-electron chi connectivity index (χ1n) is 8.74. The van der Waals surface area contributed by atoms with Gasteiger partial charge < -0.3 is 20.3 Å². The van der Waals surface area contributed by atoms with Gasteiger partial charge >= 0.3 is 0 Å². The lowest BCUT2D eigenvalue weighted by atomic mass is 9.78. The molecule has 0 unspecified atom stereocenters. The van der Waals surface area contributed by atoms with Crippen LogP contribution in [0.3, 0.4) is 0 Å². The third-order valence-corrected chi connectivity index (χ3v) is 6.22. The Morgan fingerprint density at radius 3 is 2.72 bits per heavy atom. The van der Waals surface area contributed by atoms with E-state index >= 15 is 0 Å². The van der Waals surface area contributed by atoms with E-state index in [1.807, 2.05) is 10.3 Å². The van der Waals surface area contributed by atoms with Crippen molar-refractivity contribution < 1.29 is 9.53 Å². The lowest BCUT2D eigenvalue weighted by molar-refractivity contribution is -0.147. The van der Waals surface area contributed by atoms with Crippen molar-refractivity contribution >= 4 is 33.3 Å². The van der Waals surface area contributed by atoms with E-state index in [2.05, 4.69) is 20.9 Å². The number of amides is 1. The van der Waals surface area contributed by atoms with Crippen molar-refractivity contribution in [1.82, 2.24) is 14.9 Å². The Hall–Kier alpha value is -1.77. The summed E-state index contributed by atoms with van der Waals surface area (Å²) in [5, 5.41) is 3.13. The highest BCUT2D eigenvalue weighted by Crippen LogP contribution is 2.33. The molecule has 2 aliphatic rings. The van der Waals surface area contributed by atoms with Gasteiger partial charge in [0.15, 0.2) is 0 Å². The summed E-state index contributed by atoms with van der Waals surface area (Å²) in [7, 11) is 0. The van der Waals surface area contributed by atoms with Crippen molar-refractivity contribution in [3.8, 4) is 0 Å². The van der Waals surface area contributed by atoms with E-state index in [4.69, 9.17) is 10.5 Å². The van der Waals surface area contributed by atoms with Crippen molar-refractivity contribution in [2.24, 2.45) is 11.1 Å². The van der Waals surface area contributed by atoms with E-state index in [1.165, 1.54) is 0 Å². The van der Waals surface area contributed by atoms with Crippen molar-refractivity contribution in [2.45, 2.75) is 12.8 Å². The van der Waals surface area contributed by atoms with Gasteiger partial charge in [0, 0.05) is 45.9 Å². The fourth-order valence-corrected chi connectivity index (χ4v) is 4.48. The van der Waals surface area contributed by atoms with Crippen LogP contribution >= 0.6 is 11.3 Å². The van der Waals surface area contributed by atoms with Gasteiger partial charge in [-0.05, 0) is 24.3 Å². The number of anilines is 1. The third-order valence-electron chi connectivity index (χ3n) is 5.40. The Kier molecular flexibility index (Phi) is 4.58. The molecule has 7 nitrogen and oxygen atoms in total. The summed E-state index contributed by atoms with van der Waals surface area (Å²) >= 11 is 1.62. The minimum Gasteiger partial charge on any atom is -0.381 e. The molecule has 0 spiro atoms. The number of piperazine rings is 1. The molecule has 0 aliphatic carbocycles. The van der Waals surface area contributed by atoms with E-state index in [0.717, 1.165) is 42.0 Å². The number of rotatable bonds is 3. The van der Waals surface area contributed by atoms with Crippen molar-refractivity contribution in [3.05, 3.63) is 17.8 Å². The number of nitrogens with two attached hydrogens (primary N) is 1. The molecule has 2 N–H and O–H groups in total. The summed E-state index contributed by atoms with van der Waals surface area (Å²) in [5.74, 6) is 1.17. The molecule has 2 aliphatic heterocycles. The van der Waals surface area contributed by atoms with Crippen LogP contribution in [0.1, 0.15) is 12.8 Å². The molecular weight excluding hydrogens is 338 g/mol. The molecule has 0 bridgehead atoms. The standard InChI is InChI=1S/C17H23N5O2S/c18-11-17(2-8-24-9-3-17)16(23)22-6-4-21(5-7-22)14-13-1-10-25-15(13)20-12-19-14/h1,10,12H,2-9,11,18H2. The van der Waals surface area contributed by atoms with Gasteiger partial charge in [0.05, 0.1) is 10.8 Å². The topological polar surface area (TPSA) is 84.6 Å². The fraction of sp³-hybridized carbons (Fsp3) is 0.588. The van der Waals surface area contributed by atoms with E-state index in [0.29, 0.717) is 32.8 Å². The third kappa shape index (κ3) is 2.98. The Bertz CT molecular complexity index is 750. The van der Waals surface area contributed by atoms with Crippen molar-refractivity contribution in [3.63, 3.8) is 0 Å². The summed E-state index contributed by atoms with van der Waals surface area (Å²) in [5.41, 5.74) is 5.55. The molecule has 1 amide bonds. The maximum Gasteiger partial charge on any atom is 0.230 e. The summed E-state index contributed by atoms with van der Waals surface area (Å²) in [6.45, 7) is 4.63. The minimum atomic E-state index is -0.435. The van der Waals surface area contributed by atoms with E-state index in [1.54, 1.807) is 17.7 Å². The molecule has 2 aromatic rings. The normalized spacial score (nSPS) is 20.8. The molecule has 8 heteroatoms. The number of fused-ring (bicyclic) bond motifs is 1. The van der Waals surface area contributed by atoms with Gasteiger partial charge in [-0.2, -0.15) is 0 Å². The van der Waals surface area contributed by atoms with Gasteiger partial charge in [0.1, 0.15) is 17.0 Å². The second-order valence-corrected chi connectivity index (χ2v) is 7.61. The van der Waals surface area contributed by atoms with Gasteiger partial charge in [-0.15, -0.1) is 11.3 Å². The summed E-state index contributed by atoms with van der Waals surface area (Å²) < 4.78 is 5.42. The lowest BCUT2D eigenvalue weighted by Crippen LogP contribution is -2.56. The molecule has 0 atom stereocenters. The Morgan fingerprint density at radius 1 is 1.24 bits per heavy atom. The number of aromatic nitrogens is 2. The number of thiophene rings is 1. The van der Waals surface area contributed by atoms with Gasteiger partial charge in [-0.25, -0.2) is 9.97 Å². The maximum atomic E-state index is 13.1. The molecule has 2 saturated heterocycles. The molecule has 4 heterocycles. The number of nitrogens with zero attached hydrogens (tertiary/aromatic N) is 4. The molecule has 25 heavy (non-hydrogen) atoms. The van der Waals surface area contributed by atoms with Gasteiger partial charge in [-0.1, -0.05) is 0 Å². The predicted octanol–water partition coefficient (Wildman–Crippen LogP) is 1.10. The second-order valence-electron chi connectivity index (χ2n) is 6.71. The molecule has 4 rings (SSSR count). The van der Waals surface area contributed by atoms with Crippen LogP contribution in [-0.4, -0.2) is 66.7 Å². The van der Waals surface area contributed by atoms with Crippen LogP contribution in [-0.2, 0) is 9.53 Å². The summed E-state index contributed by atoms with van der Waals surface area (Å²) in [4.78, 5) is 27.1. The molecule has 0 aromatic carbocycles. The smallest absolute Gasteiger partial charge is 0.230 e. The van der Waals surface area contributed by atoms with Crippen LogP contribution in [0.5, 0.6) is 0 Å². The number of carbonyl (C=O) groups is 1. The molecule has 0 saturated carbocycles. The zero-order valence-electron chi connectivity index (χ0n) is 14.2. The van der Waals surface area contributed by atoms with Crippen LogP contribution in [0, 0.1) is 5.41 Å². The minimum absolute atomic E-state index is 0.196. The first kappa shape index (κ1) is 16.7. The number of ether oxygens (including phenoxy) is 1. The van der Waals surface area contributed by atoms with Crippen molar-refractivity contribution in [1.29, 1.82) is 0 Å². The molecule has 134 valence electrons. The highest BCUT2D eigenvalue weighted by atomic mass is 32.1. The number of carbonyl (C=O) groups excluding carboxylic acids is 1. The lowest BCUT2D eigenvalue weighted by Gasteiger charge is -2.42. The Balaban J connectivity index is 1.46. The van der Waals surface area contributed by atoms with Crippen LogP contribution in [0.15, 0.2) is 17.8 Å². The van der Waals surface area contributed by atoms with E-state index in [-0.39, 0.29) is 5.91 Å². The van der Waals surface area contributed by atoms with Gasteiger partial charge in [0.25, 0.3) is 0 Å². The first-order valence-corrected chi connectivity index (χ1v) is 9.62. The highest BCUT2D eigenvalue weighted by molar-refractivity contribution is 7.16. The quantitative estimate of drug-likeness (QED) is 0.881. The SMILES string of the molecule is NCC1(C(=O)N2CCN(c3ncnc4sccc34)CC2)CCOCC1. The zero-order valence-corrected chi connectivity index (χ0v) is 15.0. The second kappa shape index (κ2) is 6.86. The molecule has 2 aromatic heterocycles. The molecule has 2 fully saturated rings. The Labute approximate surface area is 150 Å². The number of hydrogen-bond donors (Lipinski definition) is 1. The van der Waals surface area contributed by atoms with Gasteiger partial charge in [-0.3, -0.25) is 4.79 Å². The summed E-state index contributed by atoms with van der Waals surface area (Å²) in [6, 6.07) is 2.07. The van der Waals surface area contributed by atoms with Gasteiger partial charge in [0.2, 0.25) is 5.91 Å². The largest absolute Gasteiger partial charge is 0.381 e. The fourth-order valence-electron chi connectivity index (χ4n) is 3.75. The molecule has 0 radical (unpaired) electrons. The highest BCUT2D eigenvalue weighted by Gasteiger charge is 2.42.